The number of anilines is 1. The molecule has 1 amide bonds. The van der Waals surface area contributed by atoms with Crippen LogP contribution in [0.2, 0.25) is 0 Å². The van der Waals surface area contributed by atoms with Crippen molar-refractivity contribution in [2.24, 2.45) is 0 Å². The Bertz CT molecular complexity index is 348. The van der Waals surface area contributed by atoms with E-state index in [1.54, 1.807) is 6.20 Å². The molecule has 1 aromatic carbocycles. The minimum atomic E-state index is -0.0485. The first kappa shape index (κ1) is 8.62. The molecule has 1 heterocycles. The number of benzene rings is 1. The van der Waals surface area contributed by atoms with E-state index in [0.29, 0.717) is 6.67 Å². The second-order valence-electron chi connectivity index (χ2n) is 2.94. The van der Waals surface area contributed by atoms with Gasteiger partial charge in [-0.1, -0.05) is 18.2 Å². The lowest BCUT2D eigenvalue weighted by Gasteiger charge is -2.25. The molecular weight excluding hydrogens is 178 g/mol. The molecule has 0 aromatic heterocycles. The zero-order valence-corrected chi connectivity index (χ0v) is 7.60. The number of hydrogen-bond acceptors (Lipinski definition) is 3. The summed E-state index contributed by atoms with van der Waals surface area (Å²) in [4.78, 5) is 11.3. The molecule has 0 atom stereocenters. The third-order valence-electron chi connectivity index (χ3n) is 1.90. The van der Waals surface area contributed by atoms with E-state index in [-0.39, 0.29) is 5.91 Å². The van der Waals surface area contributed by atoms with Crippen LogP contribution in [0.25, 0.3) is 0 Å². The van der Waals surface area contributed by atoms with Crippen LogP contribution >= 0.6 is 0 Å². The average Bonchev–Trinajstić information content (AvgIpc) is 2.23. The molecule has 0 radical (unpaired) electrons. The van der Waals surface area contributed by atoms with E-state index in [9.17, 15) is 4.79 Å². The van der Waals surface area contributed by atoms with E-state index in [2.05, 4.69) is 10.7 Å². The second-order valence-corrected chi connectivity index (χ2v) is 2.94. The number of nitrogens with zero attached hydrogens (tertiary/aromatic N) is 1. The lowest BCUT2D eigenvalue weighted by molar-refractivity contribution is -0.125. The van der Waals surface area contributed by atoms with Crippen molar-refractivity contribution in [3.8, 4) is 0 Å². The Morgan fingerprint density at radius 3 is 2.79 bits per heavy atom. The Morgan fingerprint density at radius 2 is 2.07 bits per heavy atom. The van der Waals surface area contributed by atoms with Crippen LogP contribution in [-0.2, 0) is 4.79 Å². The van der Waals surface area contributed by atoms with E-state index >= 15 is 0 Å². The van der Waals surface area contributed by atoms with Crippen molar-refractivity contribution in [2.75, 3.05) is 12.1 Å². The standard InChI is InChI=1S/C10H11N3O/c14-10-6-7-11-8-13(10)12-9-4-2-1-3-5-9/h1-7,11-12H,8H2. The summed E-state index contributed by atoms with van der Waals surface area (Å²) in [7, 11) is 0. The van der Waals surface area contributed by atoms with Gasteiger partial charge in [0.05, 0.1) is 5.69 Å². The van der Waals surface area contributed by atoms with E-state index in [4.69, 9.17) is 0 Å². The maximum Gasteiger partial charge on any atom is 0.268 e. The van der Waals surface area contributed by atoms with Crippen LogP contribution in [0, 0.1) is 0 Å². The summed E-state index contributed by atoms with van der Waals surface area (Å²) >= 11 is 0. The molecule has 1 aliphatic rings. The van der Waals surface area contributed by atoms with Gasteiger partial charge in [0.2, 0.25) is 0 Å². The van der Waals surface area contributed by atoms with Crippen molar-refractivity contribution in [1.29, 1.82) is 0 Å². The second kappa shape index (κ2) is 3.83. The van der Waals surface area contributed by atoms with Crippen molar-refractivity contribution in [3.63, 3.8) is 0 Å². The zero-order chi connectivity index (χ0) is 9.80. The summed E-state index contributed by atoms with van der Waals surface area (Å²) in [6.07, 6.45) is 3.13. The topological polar surface area (TPSA) is 44.4 Å². The first-order valence-corrected chi connectivity index (χ1v) is 4.39. The van der Waals surface area contributed by atoms with E-state index in [1.165, 1.54) is 11.1 Å². The molecule has 0 unspecified atom stereocenters. The highest BCUT2D eigenvalue weighted by Gasteiger charge is 2.12. The molecular formula is C10H11N3O. The third kappa shape index (κ3) is 1.85. The fourth-order valence-corrected chi connectivity index (χ4v) is 1.21. The summed E-state index contributed by atoms with van der Waals surface area (Å²) in [6, 6.07) is 9.58. The number of amides is 1. The number of nitrogens with one attached hydrogen (secondary N) is 2. The Hall–Kier alpha value is -1.97. The molecule has 1 aromatic rings. The number of hydrazine groups is 1. The maximum absolute atomic E-state index is 11.3. The molecule has 4 heteroatoms. The lowest BCUT2D eigenvalue weighted by atomic mass is 10.3. The van der Waals surface area contributed by atoms with E-state index < -0.39 is 0 Å². The monoisotopic (exact) mass is 189 g/mol. The van der Waals surface area contributed by atoms with Gasteiger partial charge in [0.15, 0.2) is 0 Å². The molecule has 0 saturated carbocycles. The van der Waals surface area contributed by atoms with E-state index in [0.717, 1.165) is 5.69 Å². The van der Waals surface area contributed by atoms with Crippen LogP contribution in [-0.4, -0.2) is 17.6 Å². The molecule has 1 aliphatic heterocycles. The van der Waals surface area contributed by atoms with Crippen molar-refractivity contribution < 1.29 is 4.79 Å². The SMILES string of the molecule is O=C1C=CNCN1Nc1ccccc1. The molecule has 0 aliphatic carbocycles. The number of para-hydroxylation sites is 1. The van der Waals surface area contributed by atoms with Gasteiger partial charge in [0.1, 0.15) is 6.67 Å². The van der Waals surface area contributed by atoms with Gasteiger partial charge in [-0.25, -0.2) is 5.01 Å². The molecule has 14 heavy (non-hydrogen) atoms. The van der Waals surface area contributed by atoms with Crippen molar-refractivity contribution in [1.82, 2.24) is 10.3 Å². The summed E-state index contributed by atoms with van der Waals surface area (Å²) in [6.45, 7) is 0.476. The van der Waals surface area contributed by atoms with Crippen molar-refractivity contribution in [3.05, 3.63) is 42.6 Å². The number of carbonyl (C=O) groups excluding carboxylic acids is 1. The molecule has 0 bridgehead atoms. The number of rotatable bonds is 2. The molecule has 4 nitrogen and oxygen atoms in total. The maximum atomic E-state index is 11.3. The summed E-state index contributed by atoms with van der Waals surface area (Å²) < 4.78 is 0. The van der Waals surface area contributed by atoms with Crippen LogP contribution < -0.4 is 10.7 Å². The number of hydrogen-bond donors (Lipinski definition) is 2. The first-order valence-electron chi connectivity index (χ1n) is 4.39. The minimum absolute atomic E-state index is 0.0485. The van der Waals surface area contributed by atoms with Gasteiger partial charge in [-0.3, -0.25) is 10.2 Å². The minimum Gasteiger partial charge on any atom is -0.372 e. The fraction of sp³-hybridized carbons (Fsp3) is 0.100. The molecule has 0 spiro atoms. The normalized spacial score (nSPS) is 15.1. The average molecular weight is 189 g/mol. The van der Waals surface area contributed by atoms with Crippen LogP contribution in [0.4, 0.5) is 5.69 Å². The van der Waals surface area contributed by atoms with Crippen molar-refractivity contribution >= 4 is 11.6 Å². The summed E-state index contributed by atoms with van der Waals surface area (Å²) in [5.74, 6) is -0.0485. The Balaban J connectivity index is 2.04. The summed E-state index contributed by atoms with van der Waals surface area (Å²) in [5.41, 5.74) is 3.90. The van der Waals surface area contributed by atoms with E-state index in [1.807, 2.05) is 30.3 Å². The lowest BCUT2D eigenvalue weighted by Crippen LogP contribution is -2.43. The van der Waals surface area contributed by atoms with Crippen LogP contribution in [0.5, 0.6) is 0 Å². The Kier molecular flexibility index (Phi) is 2.36. The largest absolute Gasteiger partial charge is 0.372 e. The summed E-state index contributed by atoms with van der Waals surface area (Å²) in [5, 5.41) is 4.46. The quantitative estimate of drug-likeness (QED) is 0.727. The molecule has 2 rings (SSSR count). The van der Waals surface area contributed by atoms with Gasteiger partial charge < -0.3 is 5.32 Å². The predicted octanol–water partition coefficient (Wildman–Crippen LogP) is 0.916. The van der Waals surface area contributed by atoms with Gasteiger partial charge in [-0.15, -0.1) is 0 Å². The number of carbonyl (C=O) groups is 1. The van der Waals surface area contributed by atoms with Crippen molar-refractivity contribution in [2.45, 2.75) is 0 Å². The van der Waals surface area contributed by atoms with Gasteiger partial charge >= 0.3 is 0 Å². The highest BCUT2D eigenvalue weighted by Crippen LogP contribution is 2.07. The first-order chi connectivity index (χ1) is 6.86. The van der Waals surface area contributed by atoms with Gasteiger partial charge in [0, 0.05) is 12.3 Å². The third-order valence-corrected chi connectivity index (χ3v) is 1.90. The molecule has 0 fully saturated rings. The molecule has 2 N–H and O–H groups in total. The molecule has 72 valence electrons. The van der Waals surface area contributed by atoms with Gasteiger partial charge in [-0.05, 0) is 12.1 Å². The van der Waals surface area contributed by atoms with Crippen LogP contribution in [0.3, 0.4) is 0 Å². The van der Waals surface area contributed by atoms with Crippen LogP contribution in [0.1, 0.15) is 0 Å². The van der Waals surface area contributed by atoms with Gasteiger partial charge in [-0.2, -0.15) is 0 Å². The highest BCUT2D eigenvalue weighted by atomic mass is 16.2. The highest BCUT2D eigenvalue weighted by molar-refractivity contribution is 5.89. The predicted molar refractivity (Wildman–Crippen MR) is 54.1 cm³/mol. The fourth-order valence-electron chi connectivity index (χ4n) is 1.21. The smallest absolute Gasteiger partial charge is 0.268 e. The molecule has 0 saturated heterocycles. The Labute approximate surface area is 82.2 Å². The Morgan fingerprint density at radius 1 is 1.29 bits per heavy atom. The zero-order valence-electron chi connectivity index (χ0n) is 7.60. The van der Waals surface area contributed by atoms with Gasteiger partial charge in [0.25, 0.3) is 5.91 Å². The van der Waals surface area contributed by atoms with Crippen LogP contribution in [0.15, 0.2) is 42.6 Å².